The molecule has 1 rings (SSSR count). The van der Waals surface area contributed by atoms with E-state index >= 15 is 0 Å². The average molecular weight is 130 g/mol. The van der Waals surface area contributed by atoms with Gasteiger partial charge in [0.05, 0.1) is 5.03 Å². The highest BCUT2D eigenvalue weighted by atomic mass is 32.2. The zero-order valence-corrected chi connectivity index (χ0v) is 5.66. The predicted octanol–water partition coefficient (Wildman–Crippen LogP) is 0.469. The molecule has 0 radical (unpaired) electrons. The highest BCUT2D eigenvalue weighted by Crippen LogP contribution is 2.18. The van der Waals surface area contributed by atoms with E-state index in [9.17, 15) is 0 Å². The van der Waals surface area contributed by atoms with Crippen molar-refractivity contribution >= 4 is 11.8 Å². The minimum absolute atomic E-state index is 0.625. The second kappa shape index (κ2) is 2.31. The van der Waals surface area contributed by atoms with E-state index in [1.54, 1.807) is 11.8 Å². The lowest BCUT2D eigenvalue weighted by Gasteiger charge is -2.16. The van der Waals surface area contributed by atoms with Crippen LogP contribution < -0.4 is 11.1 Å². The molecule has 1 unspecified atom stereocenters. The third-order valence-electron chi connectivity index (χ3n) is 0.987. The molecule has 3 heteroatoms. The summed E-state index contributed by atoms with van der Waals surface area (Å²) >= 11 is 1.72. The van der Waals surface area contributed by atoms with Crippen molar-refractivity contribution in [1.29, 1.82) is 0 Å². The number of nitrogens with one attached hydrogen (secondary N) is 1. The first kappa shape index (κ1) is 5.82. The molecular formula is C5H10N2S. The van der Waals surface area contributed by atoms with Crippen molar-refractivity contribution in [2.45, 2.75) is 12.2 Å². The Bertz CT molecular complexity index is 111. The van der Waals surface area contributed by atoms with E-state index in [0.29, 0.717) is 5.25 Å². The van der Waals surface area contributed by atoms with Crippen molar-refractivity contribution in [2.75, 3.05) is 6.54 Å². The zero-order chi connectivity index (χ0) is 5.98. The third-order valence-corrected chi connectivity index (χ3v) is 1.95. The molecule has 0 fully saturated rings. The quantitative estimate of drug-likeness (QED) is 0.500. The van der Waals surface area contributed by atoms with Crippen LogP contribution in [0, 0.1) is 0 Å². The summed E-state index contributed by atoms with van der Waals surface area (Å²) < 4.78 is 0. The molecule has 0 aromatic rings. The Balaban J connectivity index is 2.45. The van der Waals surface area contributed by atoms with E-state index in [2.05, 4.69) is 12.2 Å². The monoisotopic (exact) mass is 130 g/mol. The summed E-state index contributed by atoms with van der Waals surface area (Å²) in [4.78, 5) is 0. The first-order valence-corrected chi connectivity index (χ1v) is 3.52. The summed E-state index contributed by atoms with van der Waals surface area (Å²) in [7, 11) is 0. The van der Waals surface area contributed by atoms with Gasteiger partial charge < -0.3 is 11.1 Å². The number of hydrogen-bond acceptors (Lipinski definition) is 3. The molecule has 1 heterocycles. The topological polar surface area (TPSA) is 38.0 Å². The molecule has 46 valence electrons. The van der Waals surface area contributed by atoms with Crippen LogP contribution in [0.1, 0.15) is 6.92 Å². The van der Waals surface area contributed by atoms with Crippen molar-refractivity contribution in [1.82, 2.24) is 5.32 Å². The molecule has 0 aromatic heterocycles. The van der Waals surface area contributed by atoms with Crippen LogP contribution >= 0.6 is 11.8 Å². The van der Waals surface area contributed by atoms with Gasteiger partial charge in [0.25, 0.3) is 0 Å². The largest absolute Gasteiger partial charge is 0.392 e. The van der Waals surface area contributed by atoms with E-state index in [1.807, 2.05) is 6.20 Å². The van der Waals surface area contributed by atoms with Crippen LogP contribution in [0.2, 0.25) is 0 Å². The Labute approximate surface area is 53.5 Å². The van der Waals surface area contributed by atoms with E-state index in [1.165, 1.54) is 0 Å². The minimum Gasteiger partial charge on any atom is -0.392 e. The molecular weight excluding hydrogens is 120 g/mol. The van der Waals surface area contributed by atoms with E-state index in [4.69, 9.17) is 5.73 Å². The van der Waals surface area contributed by atoms with E-state index in [0.717, 1.165) is 11.6 Å². The van der Waals surface area contributed by atoms with Gasteiger partial charge in [0, 0.05) is 18.0 Å². The van der Waals surface area contributed by atoms with Crippen LogP contribution in [0.3, 0.4) is 0 Å². The molecule has 0 saturated carbocycles. The molecule has 0 spiro atoms. The fourth-order valence-electron chi connectivity index (χ4n) is 0.633. The predicted molar refractivity (Wildman–Crippen MR) is 37.3 cm³/mol. The standard InChI is InChI=1S/C5H10N2S/c1-4-2-7-3-5(6)8-4/h3-4,7H,2,6H2,1H3. The highest BCUT2D eigenvalue weighted by Gasteiger charge is 2.06. The van der Waals surface area contributed by atoms with Crippen LogP contribution in [0.5, 0.6) is 0 Å². The summed E-state index contributed by atoms with van der Waals surface area (Å²) in [5.41, 5.74) is 5.49. The second-order valence-corrected chi connectivity index (χ2v) is 3.40. The molecule has 0 aliphatic carbocycles. The maximum Gasteiger partial charge on any atom is 0.0818 e. The van der Waals surface area contributed by atoms with E-state index in [-0.39, 0.29) is 0 Å². The molecule has 1 aliphatic heterocycles. The molecule has 0 aromatic carbocycles. The van der Waals surface area contributed by atoms with Gasteiger partial charge in [-0.3, -0.25) is 0 Å². The molecule has 0 amide bonds. The number of hydrogen-bond donors (Lipinski definition) is 2. The van der Waals surface area contributed by atoms with Crippen LogP contribution in [0.25, 0.3) is 0 Å². The molecule has 0 saturated heterocycles. The van der Waals surface area contributed by atoms with Gasteiger partial charge in [0.2, 0.25) is 0 Å². The van der Waals surface area contributed by atoms with Crippen molar-refractivity contribution in [3.63, 3.8) is 0 Å². The molecule has 1 aliphatic rings. The summed E-state index contributed by atoms with van der Waals surface area (Å²) in [5, 5.41) is 4.59. The van der Waals surface area contributed by atoms with Gasteiger partial charge >= 0.3 is 0 Å². The Morgan fingerprint density at radius 3 is 3.12 bits per heavy atom. The third kappa shape index (κ3) is 1.33. The van der Waals surface area contributed by atoms with Gasteiger partial charge in [-0.05, 0) is 0 Å². The van der Waals surface area contributed by atoms with Crippen molar-refractivity contribution in [3.05, 3.63) is 11.2 Å². The van der Waals surface area contributed by atoms with Gasteiger partial charge in [-0.25, -0.2) is 0 Å². The number of thioether (sulfide) groups is 1. The Hall–Kier alpha value is -0.310. The first-order valence-electron chi connectivity index (χ1n) is 2.65. The van der Waals surface area contributed by atoms with Gasteiger partial charge in [0.15, 0.2) is 0 Å². The van der Waals surface area contributed by atoms with E-state index < -0.39 is 0 Å². The molecule has 2 nitrogen and oxygen atoms in total. The normalized spacial score (nSPS) is 28.6. The zero-order valence-electron chi connectivity index (χ0n) is 4.85. The SMILES string of the molecule is CC1CNC=C(N)S1. The summed E-state index contributed by atoms with van der Waals surface area (Å²) in [6, 6.07) is 0. The maximum atomic E-state index is 5.49. The Kier molecular flexibility index (Phi) is 1.68. The number of rotatable bonds is 0. The highest BCUT2D eigenvalue weighted by molar-refractivity contribution is 8.03. The molecule has 0 bridgehead atoms. The fraction of sp³-hybridized carbons (Fsp3) is 0.600. The van der Waals surface area contributed by atoms with Gasteiger partial charge in [0.1, 0.15) is 0 Å². The van der Waals surface area contributed by atoms with Crippen LogP contribution in [0.15, 0.2) is 11.2 Å². The van der Waals surface area contributed by atoms with Gasteiger partial charge in [-0.1, -0.05) is 6.92 Å². The Morgan fingerprint density at radius 2 is 2.75 bits per heavy atom. The first-order chi connectivity index (χ1) is 3.79. The molecule has 8 heavy (non-hydrogen) atoms. The summed E-state index contributed by atoms with van der Waals surface area (Å²) in [6.45, 7) is 3.18. The van der Waals surface area contributed by atoms with Gasteiger partial charge in [-0.2, -0.15) is 0 Å². The number of nitrogens with two attached hydrogens (primary N) is 1. The van der Waals surface area contributed by atoms with Crippen LogP contribution in [0.4, 0.5) is 0 Å². The molecule has 1 atom stereocenters. The maximum absolute atomic E-state index is 5.49. The lowest BCUT2D eigenvalue weighted by molar-refractivity contribution is 0.810. The van der Waals surface area contributed by atoms with Crippen molar-refractivity contribution in [3.8, 4) is 0 Å². The minimum atomic E-state index is 0.625. The molecule has 3 N–H and O–H groups in total. The average Bonchev–Trinajstić information content (AvgIpc) is 1.64. The summed E-state index contributed by atoms with van der Waals surface area (Å²) in [6.07, 6.45) is 1.85. The van der Waals surface area contributed by atoms with Crippen molar-refractivity contribution in [2.24, 2.45) is 5.73 Å². The lowest BCUT2D eigenvalue weighted by atomic mass is 10.5. The smallest absolute Gasteiger partial charge is 0.0818 e. The van der Waals surface area contributed by atoms with Crippen LogP contribution in [-0.4, -0.2) is 11.8 Å². The van der Waals surface area contributed by atoms with Crippen molar-refractivity contribution < 1.29 is 0 Å². The van der Waals surface area contributed by atoms with Gasteiger partial charge in [-0.15, -0.1) is 11.8 Å². The summed E-state index contributed by atoms with van der Waals surface area (Å²) in [5.74, 6) is 0. The fourth-order valence-corrected chi connectivity index (χ4v) is 1.43. The second-order valence-electron chi connectivity index (χ2n) is 1.88. The Morgan fingerprint density at radius 1 is 2.00 bits per heavy atom. The van der Waals surface area contributed by atoms with Crippen LogP contribution in [-0.2, 0) is 0 Å². The lowest BCUT2D eigenvalue weighted by Crippen LogP contribution is -2.24.